The molecule has 3 aromatic carbocycles. The lowest BCUT2D eigenvalue weighted by Gasteiger charge is -2.36. The van der Waals surface area contributed by atoms with E-state index in [4.69, 9.17) is 0 Å². The third kappa shape index (κ3) is 3.65. The van der Waals surface area contributed by atoms with E-state index in [9.17, 15) is 0 Å². The molecule has 3 heteroatoms. The Balaban J connectivity index is 1.46. The van der Waals surface area contributed by atoms with Crippen LogP contribution in [0, 0.1) is 0 Å². The van der Waals surface area contributed by atoms with Crippen molar-refractivity contribution in [3.05, 3.63) is 167 Å². The molecule has 0 radical (unpaired) electrons. The second kappa shape index (κ2) is 9.28. The maximum absolute atomic E-state index is 2.64. The van der Waals surface area contributed by atoms with Crippen molar-refractivity contribution in [2.45, 2.75) is 31.5 Å². The molecule has 0 spiro atoms. The van der Waals surface area contributed by atoms with Crippen molar-refractivity contribution in [2.75, 3.05) is 11.4 Å². The highest BCUT2D eigenvalue weighted by molar-refractivity contribution is 6.93. The van der Waals surface area contributed by atoms with Crippen LogP contribution < -0.4 is 10.4 Å². The molecular formula is C38H33BN2. The first-order valence-electron chi connectivity index (χ1n) is 14.8. The van der Waals surface area contributed by atoms with Crippen molar-refractivity contribution >= 4 is 29.0 Å². The largest absolute Gasteiger partial charge is 0.341 e. The Labute approximate surface area is 243 Å². The van der Waals surface area contributed by atoms with Crippen LogP contribution in [0.3, 0.4) is 0 Å². The van der Waals surface area contributed by atoms with E-state index in [1.54, 1.807) is 0 Å². The Morgan fingerprint density at radius 1 is 0.805 bits per heavy atom. The Bertz CT molecular complexity index is 1780. The number of anilines is 2. The predicted molar refractivity (Wildman–Crippen MR) is 174 cm³/mol. The normalized spacial score (nSPS) is 21.6. The first-order valence-corrected chi connectivity index (χ1v) is 14.8. The molecule has 2 heterocycles. The lowest BCUT2D eigenvalue weighted by atomic mass is 9.31. The molecule has 2 nitrogen and oxygen atoms in total. The Morgan fingerprint density at radius 2 is 1.59 bits per heavy atom. The molecule has 3 aliphatic carbocycles. The molecule has 1 atom stereocenters. The van der Waals surface area contributed by atoms with E-state index in [0.29, 0.717) is 0 Å². The minimum Gasteiger partial charge on any atom is -0.341 e. The number of nitrogens with zero attached hydrogens (tertiary/aromatic N) is 2. The SMILES string of the molecule is CC1(C)C2=C(B3c4ccccc4N(c4ccccc4)C4=CC3C(=CC=C4)CN2C2=CCC=CC=C2)c2ccccc21. The smallest absolute Gasteiger partial charge is 0.226 e. The summed E-state index contributed by atoms with van der Waals surface area (Å²) in [6.45, 7) is 5.92. The van der Waals surface area contributed by atoms with Gasteiger partial charge in [-0.1, -0.05) is 123 Å². The van der Waals surface area contributed by atoms with E-state index in [0.717, 1.165) is 13.0 Å². The number of allylic oxidation sites excluding steroid dienone is 10. The molecule has 5 aliphatic rings. The van der Waals surface area contributed by atoms with Gasteiger partial charge in [0.05, 0.1) is 0 Å². The lowest BCUT2D eigenvalue weighted by molar-refractivity contribution is 0.397. The molecule has 0 fully saturated rings. The quantitative estimate of drug-likeness (QED) is 0.309. The molecule has 8 rings (SSSR count). The zero-order chi connectivity index (χ0) is 27.6. The van der Waals surface area contributed by atoms with Gasteiger partial charge in [-0.25, -0.2) is 0 Å². The second-order valence-corrected chi connectivity index (χ2v) is 12.1. The Kier molecular flexibility index (Phi) is 5.50. The summed E-state index contributed by atoms with van der Waals surface area (Å²) in [5.41, 5.74) is 13.5. The number of hydrogen-bond acceptors (Lipinski definition) is 2. The summed E-state index contributed by atoms with van der Waals surface area (Å²) in [6, 6.07) is 29.1. The van der Waals surface area contributed by atoms with E-state index < -0.39 is 0 Å². The van der Waals surface area contributed by atoms with E-state index in [-0.39, 0.29) is 17.9 Å². The molecular weight excluding hydrogens is 495 g/mol. The first kappa shape index (κ1) is 24.3. The van der Waals surface area contributed by atoms with E-state index in [2.05, 4.69) is 157 Å². The molecule has 2 aliphatic heterocycles. The summed E-state index contributed by atoms with van der Waals surface area (Å²) in [4.78, 5) is 5.10. The molecule has 0 aromatic heterocycles. The van der Waals surface area contributed by atoms with Gasteiger partial charge in [-0.15, -0.1) is 0 Å². The van der Waals surface area contributed by atoms with Crippen LogP contribution in [0.15, 0.2) is 156 Å². The molecule has 2 bridgehead atoms. The van der Waals surface area contributed by atoms with Crippen molar-refractivity contribution in [1.82, 2.24) is 4.90 Å². The zero-order valence-corrected chi connectivity index (χ0v) is 23.7. The van der Waals surface area contributed by atoms with Gasteiger partial charge in [0, 0.05) is 40.4 Å². The fourth-order valence-electron chi connectivity index (χ4n) is 7.74. The second-order valence-electron chi connectivity index (χ2n) is 12.1. The number of para-hydroxylation sites is 2. The van der Waals surface area contributed by atoms with Crippen LogP contribution in [-0.2, 0) is 5.41 Å². The van der Waals surface area contributed by atoms with Gasteiger partial charge in [-0.2, -0.15) is 0 Å². The fourth-order valence-corrected chi connectivity index (χ4v) is 7.74. The monoisotopic (exact) mass is 528 g/mol. The molecule has 0 saturated heterocycles. The summed E-state index contributed by atoms with van der Waals surface area (Å²) < 4.78 is 0. The maximum Gasteiger partial charge on any atom is 0.226 e. The molecule has 1 unspecified atom stereocenters. The van der Waals surface area contributed by atoms with Crippen molar-refractivity contribution in [3.8, 4) is 0 Å². The predicted octanol–water partition coefficient (Wildman–Crippen LogP) is 8.25. The van der Waals surface area contributed by atoms with Crippen LogP contribution >= 0.6 is 0 Å². The molecule has 0 amide bonds. The molecule has 0 saturated carbocycles. The van der Waals surface area contributed by atoms with Gasteiger partial charge < -0.3 is 9.80 Å². The average molecular weight is 529 g/mol. The van der Waals surface area contributed by atoms with Crippen LogP contribution in [0.4, 0.5) is 11.4 Å². The van der Waals surface area contributed by atoms with Crippen LogP contribution in [0.2, 0.25) is 5.82 Å². The molecule has 3 aromatic rings. The topological polar surface area (TPSA) is 6.48 Å². The van der Waals surface area contributed by atoms with Gasteiger partial charge in [0.15, 0.2) is 0 Å². The number of benzene rings is 3. The van der Waals surface area contributed by atoms with Gasteiger partial charge in [0.1, 0.15) is 0 Å². The van der Waals surface area contributed by atoms with Crippen molar-refractivity contribution in [1.29, 1.82) is 0 Å². The number of rotatable bonds is 2. The first-order chi connectivity index (χ1) is 20.1. The molecule has 0 N–H and O–H groups in total. The van der Waals surface area contributed by atoms with Crippen LogP contribution in [-0.4, -0.2) is 18.2 Å². The Morgan fingerprint density at radius 3 is 2.49 bits per heavy atom. The Hall–Kier alpha value is -4.50. The van der Waals surface area contributed by atoms with Gasteiger partial charge in [0.2, 0.25) is 6.71 Å². The summed E-state index contributed by atoms with van der Waals surface area (Å²) >= 11 is 0. The van der Waals surface area contributed by atoms with E-state index >= 15 is 0 Å². The van der Waals surface area contributed by atoms with Crippen LogP contribution in [0.25, 0.3) is 5.47 Å². The molecule has 198 valence electrons. The third-order valence-corrected chi connectivity index (χ3v) is 9.45. The van der Waals surface area contributed by atoms with Gasteiger partial charge in [-0.3, -0.25) is 0 Å². The molecule has 41 heavy (non-hydrogen) atoms. The number of fused-ring (bicyclic) bond motifs is 5. The van der Waals surface area contributed by atoms with E-state index in [1.165, 1.54) is 56.1 Å². The number of hydrogen-bond donors (Lipinski definition) is 0. The fraction of sp³-hybridized carbons (Fsp3) is 0.158. The minimum absolute atomic E-state index is 0.132. The van der Waals surface area contributed by atoms with Gasteiger partial charge in [-0.05, 0) is 64.7 Å². The highest BCUT2D eigenvalue weighted by Crippen LogP contribution is 2.55. The van der Waals surface area contributed by atoms with Gasteiger partial charge >= 0.3 is 0 Å². The average Bonchev–Trinajstić information content (AvgIpc) is 3.37. The third-order valence-electron chi connectivity index (χ3n) is 9.45. The van der Waals surface area contributed by atoms with Crippen molar-refractivity contribution in [3.63, 3.8) is 0 Å². The maximum atomic E-state index is 2.64. The summed E-state index contributed by atoms with van der Waals surface area (Å²) in [7, 11) is 0. The van der Waals surface area contributed by atoms with Crippen molar-refractivity contribution in [2.24, 2.45) is 0 Å². The highest BCUT2D eigenvalue weighted by atomic mass is 15.2. The summed E-state index contributed by atoms with van der Waals surface area (Å²) in [6.07, 6.45) is 21.8. The zero-order valence-electron chi connectivity index (χ0n) is 23.7. The minimum atomic E-state index is -0.132. The van der Waals surface area contributed by atoms with Crippen LogP contribution in [0.5, 0.6) is 0 Å². The van der Waals surface area contributed by atoms with Gasteiger partial charge in [0.25, 0.3) is 0 Å². The van der Waals surface area contributed by atoms with E-state index in [1.807, 2.05) is 0 Å². The lowest BCUT2D eigenvalue weighted by Crippen LogP contribution is -2.38. The van der Waals surface area contributed by atoms with Crippen LogP contribution in [0.1, 0.15) is 31.4 Å². The summed E-state index contributed by atoms with van der Waals surface area (Å²) in [5.74, 6) is 0.236. The summed E-state index contributed by atoms with van der Waals surface area (Å²) in [5, 5.41) is 0. The van der Waals surface area contributed by atoms with Crippen molar-refractivity contribution < 1.29 is 0 Å². The standard InChI is InChI=1S/C38H33BN2/c1-38(2)32-22-11-10-21-31(32)36-37(38)40(28-16-6-3-4-7-17-28)26-27-15-14-20-30-25-34(27)39(36)33-23-12-13-24-35(33)41(30)29-18-8-5-9-19-29/h3-6,8-25,34H,7,26H2,1-2H3. The highest BCUT2D eigenvalue weighted by Gasteiger charge is 2.50.